The van der Waals surface area contributed by atoms with Gasteiger partial charge in [-0.25, -0.2) is 0 Å². The van der Waals surface area contributed by atoms with Gasteiger partial charge in [0, 0.05) is 26.1 Å². The minimum absolute atomic E-state index is 0.435. The fourth-order valence-corrected chi connectivity index (χ4v) is 1.67. The van der Waals surface area contributed by atoms with E-state index in [0.717, 1.165) is 19.4 Å². The number of ether oxygens (including phenoxy) is 1. The Labute approximate surface area is 73.7 Å². The van der Waals surface area contributed by atoms with Gasteiger partial charge in [0.25, 0.3) is 0 Å². The Kier molecular flexibility index (Phi) is 4.06. The predicted molar refractivity (Wildman–Crippen MR) is 46.7 cm³/mol. The second kappa shape index (κ2) is 5.13. The SMILES string of the molecule is COC1CCC(NCCC#N)C1. The summed E-state index contributed by atoms with van der Waals surface area (Å²) >= 11 is 0. The van der Waals surface area contributed by atoms with Crippen molar-refractivity contribution in [2.75, 3.05) is 13.7 Å². The van der Waals surface area contributed by atoms with Crippen LogP contribution in [-0.2, 0) is 4.74 Å². The zero-order valence-electron chi connectivity index (χ0n) is 7.55. The number of nitriles is 1. The molecule has 0 heterocycles. The first-order chi connectivity index (χ1) is 5.86. The predicted octanol–water partition coefficient (Wildman–Crippen LogP) is 1.06. The molecule has 0 aromatic rings. The Balaban J connectivity index is 2.07. The maximum atomic E-state index is 8.32. The van der Waals surface area contributed by atoms with E-state index in [2.05, 4.69) is 11.4 Å². The topological polar surface area (TPSA) is 45.0 Å². The van der Waals surface area contributed by atoms with Crippen molar-refractivity contribution in [2.24, 2.45) is 0 Å². The third kappa shape index (κ3) is 2.80. The van der Waals surface area contributed by atoms with Crippen LogP contribution in [0.25, 0.3) is 0 Å². The van der Waals surface area contributed by atoms with E-state index in [4.69, 9.17) is 10.00 Å². The van der Waals surface area contributed by atoms with Gasteiger partial charge in [0.05, 0.1) is 12.2 Å². The lowest BCUT2D eigenvalue weighted by atomic mass is 10.2. The molecule has 1 rings (SSSR count). The van der Waals surface area contributed by atoms with Gasteiger partial charge in [-0.15, -0.1) is 0 Å². The van der Waals surface area contributed by atoms with Crippen molar-refractivity contribution in [1.82, 2.24) is 5.32 Å². The molecule has 68 valence electrons. The van der Waals surface area contributed by atoms with Crippen molar-refractivity contribution < 1.29 is 4.74 Å². The number of nitrogens with zero attached hydrogens (tertiary/aromatic N) is 1. The van der Waals surface area contributed by atoms with E-state index in [1.54, 1.807) is 7.11 Å². The summed E-state index contributed by atoms with van der Waals surface area (Å²) in [4.78, 5) is 0. The van der Waals surface area contributed by atoms with Gasteiger partial charge in [-0.05, 0) is 19.3 Å². The van der Waals surface area contributed by atoms with Gasteiger partial charge in [0.15, 0.2) is 0 Å². The van der Waals surface area contributed by atoms with Crippen LogP contribution in [0.4, 0.5) is 0 Å². The van der Waals surface area contributed by atoms with Crippen LogP contribution >= 0.6 is 0 Å². The van der Waals surface area contributed by atoms with Crippen LogP contribution in [0.1, 0.15) is 25.7 Å². The maximum absolute atomic E-state index is 8.32. The molecule has 2 unspecified atom stereocenters. The molecule has 0 aromatic heterocycles. The lowest BCUT2D eigenvalue weighted by Gasteiger charge is -2.10. The highest BCUT2D eigenvalue weighted by molar-refractivity contribution is 4.82. The van der Waals surface area contributed by atoms with Gasteiger partial charge in [0.1, 0.15) is 0 Å². The third-order valence-corrected chi connectivity index (χ3v) is 2.39. The average Bonchev–Trinajstić information content (AvgIpc) is 2.53. The highest BCUT2D eigenvalue weighted by Crippen LogP contribution is 2.20. The minimum atomic E-state index is 0.435. The van der Waals surface area contributed by atoms with Crippen LogP contribution < -0.4 is 5.32 Å². The summed E-state index contributed by atoms with van der Waals surface area (Å²) in [6, 6.07) is 2.70. The van der Waals surface area contributed by atoms with Crippen LogP contribution in [0.5, 0.6) is 0 Å². The van der Waals surface area contributed by atoms with Crippen molar-refractivity contribution in [3.8, 4) is 6.07 Å². The van der Waals surface area contributed by atoms with E-state index in [9.17, 15) is 0 Å². The van der Waals surface area contributed by atoms with Crippen molar-refractivity contribution >= 4 is 0 Å². The molecule has 0 bridgehead atoms. The summed E-state index contributed by atoms with van der Waals surface area (Å²) in [7, 11) is 1.77. The fourth-order valence-electron chi connectivity index (χ4n) is 1.67. The summed E-state index contributed by atoms with van der Waals surface area (Å²) in [5, 5.41) is 11.7. The highest BCUT2D eigenvalue weighted by atomic mass is 16.5. The molecule has 1 aliphatic carbocycles. The van der Waals surface area contributed by atoms with Crippen LogP contribution in [0.15, 0.2) is 0 Å². The van der Waals surface area contributed by atoms with Crippen LogP contribution in [0, 0.1) is 11.3 Å². The molecule has 1 saturated carbocycles. The van der Waals surface area contributed by atoms with Crippen molar-refractivity contribution in [2.45, 2.75) is 37.8 Å². The van der Waals surface area contributed by atoms with E-state index in [1.165, 1.54) is 6.42 Å². The Morgan fingerprint density at radius 1 is 1.58 bits per heavy atom. The molecular weight excluding hydrogens is 152 g/mol. The highest BCUT2D eigenvalue weighted by Gasteiger charge is 2.23. The van der Waals surface area contributed by atoms with E-state index < -0.39 is 0 Å². The van der Waals surface area contributed by atoms with Crippen LogP contribution in [-0.4, -0.2) is 25.8 Å². The fraction of sp³-hybridized carbons (Fsp3) is 0.889. The molecular formula is C9H16N2O. The largest absolute Gasteiger partial charge is 0.381 e. The standard InChI is InChI=1S/C9H16N2O/c1-12-9-4-3-8(7-9)11-6-2-5-10/h8-9,11H,2-4,6-7H2,1H3. The quantitative estimate of drug-likeness (QED) is 0.638. The molecule has 1 fully saturated rings. The Hall–Kier alpha value is -0.590. The summed E-state index contributed by atoms with van der Waals surface area (Å²) in [5.41, 5.74) is 0. The first kappa shape index (κ1) is 9.50. The van der Waals surface area contributed by atoms with Gasteiger partial charge >= 0.3 is 0 Å². The second-order valence-electron chi connectivity index (χ2n) is 3.23. The Morgan fingerprint density at radius 2 is 2.42 bits per heavy atom. The monoisotopic (exact) mass is 168 g/mol. The molecule has 2 atom stereocenters. The maximum Gasteiger partial charge on any atom is 0.0635 e. The average molecular weight is 168 g/mol. The molecule has 0 saturated heterocycles. The number of methoxy groups -OCH3 is 1. The molecule has 0 aliphatic heterocycles. The van der Waals surface area contributed by atoms with E-state index in [0.29, 0.717) is 18.6 Å². The van der Waals surface area contributed by atoms with Crippen molar-refractivity contribution in [3.63, 3.8) is 0 Å². The molecule has 12 heavy (non-hydrogen) atoms. The van der Waals surface area contributed by atoms with E-state index >= 15 is 0 Å². The second-order valence-corrected chi connectivity index (χ2v) is 3.23. The van der Waals surface area contributed by atoms with E-state index in [1.807, 2.05) is 0 Å². The van der Waals surface area contributed by atoms with E-state index in [-0.39, 0.29) is 0 Å². The number of hydrogen-bond acceptors (Lipinski definition) is 3. The van der Waals surface area contributed by atoms with Crippen LogP contribution in [0.2, 0.25) is 0 Å². The lowest BCUT2D eigenvalue weighted by molar-refractivity contribution is 0.107. The Bertz CT molecular complexity index is 164. The Morgan fingerprint density at radius 3 is 3.00 bits per heavy atom. The smallest absolute Gasteiger partial charge is 0.0635 e. The summed E-state index contributed by atoms with van der Waals surface area (Å²) in [6.45, 7) is 0.817. The molecule has 1 N–H and O–H groups in total. The molecule has 0 amide bonds. The zero-order chi connectivity index (χ0) is 8.81. The van der Waals surface area contributed by atoms with Crippen LogP contribution in [0.3, 0.4) is 0 Å². The molecule has 0 aromatic carbocycles. The van der Waals surface area contributed by atoms with Gasteiger partial charge in [-0.1, -0.05) is 0 Å². The van der Waals surface area contributed by atoms with Gasteiger partial charge < -0.3 is 10.1 Å². The molecule has 3 heteroatoms. The van der Waals surface area contributed by atoms with Crippen molar-refractivity contribution in [3.05, 3.63) is 0 Å². The van der Waals surface area contributed by atoms with Crippen molar-refractivity contribution in [1.29, 1.82) is 5.26 Å². The summed E-state index contributed by atoms with van der Waals surface area (Å²) in [6.07, 6.45) is 4.48. The number of hydrogen-bond donors (Lipinski definition) is 1. The lowest BCUT2D eigenvalue weighted by Crippen LogP contribution is -2.27. The molecule has 3 nitrogen and oxygen atoms in total. The zero-order valence-corrected chi connectivity index (χ0v) is 7.55. The third-order valence-electron chi connectivity index (χ3n) is 2.39. The first-order valence-electron chi connectivity index (χ1n) is 4.50. The molecule has 0 spiro atoms. The molecule has 0 radical (unpaired) electrons. The van der Waals surface area contributed by atoms with Gasteiger partial charge in [-0.2, -0.15) is 5.26 Å². The molecule has 1 aliphatic rings. The summed E-state index contributed by atoms with van der Waals surface area (Å²) < 4.78 is 5.24. The summed E-state index contributed by atoms with van der Waals surface area (Å²) in [5.74, 6) is 0. The number of nitrogens with one attached hydrogen (secondary N) is 1. The minimum Gasteiger partial charge on any atom is -0.381 e. The first-order valence-corrected chi connectivity index (χ1v) is 4.50. The van der Waals surface area contributed by atoms with Gasteiger partial charge in [0.2, 0.25) is 0 Å². The normalized spacial score (nSPS) is 28.7. The number of rotatable bonds is 4. The van der Waals surface area contributed by atoms with Gasteiger partial charge in [-0.3, -0.25) is 0 Å².